The van der Waals surface area contributed by atoms with Crippen molar-refractivity contribution in [2.45, 2.75) is 45.1 Å². The molecular formula is C18H28N2O2. The number of hydrogen-bond donors (Lipinski definition) is 1. The summed E-state index contributed by atoms with van der Waals surface area (Å²) in [5, 5.41) is 0. The minimum atomic E-state index is 0.224. The first-order valence-corrected chi connectivity index (χ1v) is 8.28. The largest absolute Gasteiger partial charge is 0.497 e. The fraction of sp³-hybridized carbons (Fsp3) is 0.611. The number of hydrogen-bond acceptors (Lipinski definition) is 3. The summed E-state index contributed by atoms with van der Waals surface area (Å²) in [4.78, 5) is 14.5. The highest BCUT2D eigenvalue weighted by atomic mass is 16.5. The molecule has 4 nitrogen and oxygen atoms in total. The lowest BCUT2D eigenvalue weighted by Crippen LogP contribution is -2.51. The van der Waals surface area contributed by atoms with Gasteiger partial charge >= 0.3 is 0 Å². The van der Waals surface area contributed by atoms with Crippen LogP contribution in [0.5, 0.6) is 5.75 Å². The summed E-state index contributed by atoms with van der Waals surface area (Å²) < 4.78 is 5.15. The number of ether oxygens (including phenoxy) is 1. The van der Waals surface area contributed by atoms with E-state index in [2.05, 4.69) is 19.1 Å². The van der Waals surface area contributed by atoms with Crippen molar-refractivity contribution < 1.29 is 9.53 Å². The normalized spacial score (nSPS) is 21.7. The van der Waals surface area contributed by atoms with Crippen LogP contribution in [0.25, 0.3) is 0 Å². The number of piperidine rings is 1. The molecule has 2 rings (SSSR count). The zero-order chi connectivity index (χ0) is 15.9. The van der Waals surface area contributed by atoms with Gasteiger partial charge in [-0.1, -0.05) is 19.1 Å². The first-order chi connectivity index (χ1) is 10.7. The van der Waals surface area contributed by atoms with Crippen molar-refractivity contribution in [3.8, 4) is 5.75 Å². The lowest BCUT2D eigenvalue weighted by molar-refractivity contribution is -0.136. The Balaban J connectivity index is 1.81. The van der Waals surface area contributed by atoms with Gasteiger partial charge in [0.25, 0.3) is 0 Å². The predicted molar refractivity (Wildman–Crippen MR) is 88.9 cm³/mol. The molecule has 0 saturated carbocycles. The molecule has 0 unspecified atom stereocenters. The van der Waals surface area contributed by atoms with Crippen LogP contribution in [0.3, 0.4) is 0 Å². The number of methoxy groups -OCH3 is 1. The Hall–Kier alpha value is -1.55. The standard InChI is InChI=1S/C18H28N2O2/c1-14-5-4-12-20(17(14)13-19)18(21)7-3-6-15-8-10-16(22-2)11-9-15/h8-11,14,17H,3-7,12-13,19H2,1-2H3/t14-,17-/m1/s1. The van der Waals surface area contributed by atoms with Crippen LogP contribution in [-0.4, -0.2) is 37.0 Å². The second-order valence-electron chi connectivity index (χ2n) is 6.21. The fourth-order valence-corrected chi connectivity index (χ4v) is 3.30. The summed E-state index contributed by atoms with van der Waals surface area (Å²) in [6.45, 7) is 3.65. The van der Waals surface area contributed by atoms with Gasteiger partial charge in [0.05, 0.1) is 7.11 Å². The van der Waals surface area contributed by atoms with E-state index in [1.807, 2.05) is 17.0 Å². The Bertz CT molecular complexity index is 472. The maximum atomic E-state index is 12.5. The van der Waals surface area contributed by atoms with E-state index in [1.54, 1.807) is 7.11 Å². The number of likely N-dealkylation sites (tertiary alicyclic amines) is 1. The van der Waals surface area contributed by atoms with Crippen LogP contribution in [0.1, 0.15) is 38.2 Å². The fourth-order valence-electron chi connectivity index (χ4n) is 3.30. The second kappa shape index (κ2) is 8.18. The third-order valence-corrected chi connectivity index (χ3v) is 4.69. The number of nitrogens with zero attached hydrogens (tertiary/aromatic N) is 1. The van der Waals surface area contributed by atoms with Crippen molar-refractivity contribution in [3.05, 3.63) is 29.8 Å². The van der Waals surface area contributed by atoms with E-state index in [9.17, 15) is 4.79 Å². The van der Waals surface area contributed by atoms with E-state index < -0.39 is 0 Å². The monoisotopic (exact) mass is 304 g/mol. The molecule has 0 aromatic heterocycles. The Labute approximate surface area is 133 Å². The Morgan fingerprint density at radius 1 is 1.36 bits per heavy atom. The van der Waals surface area contributed by atoms with Crippen molar-refractivity contribution in [1.29, 1.82) is 0 Å². The molecule has 4 heteroatoms. The van der Waals surface area contributed by atoms with Crippen LogP contribution >= 0.6 is 0 Å². The van der Waals surface area contributed by atoms with Gasteiger partial charge in [0.2, 0.25) is 5.91 Å². The minimum Gasteiger partial charge on any atom is -0.497 e. The molecule has 122 valence electrons. The summed E-state index contributed by atoms with van der Waals surface area (Å²) in [6.07, 6.45) is 4.69. The molecule has 1 saturated heterocycles. The number of nitrogens with two attached hydrogens (primary N) is 1. The molecule has 0 spiro atoms. The second-order valence-corrected chi connectivity index (χ2v) is 6.21. The molecule has 2 N–H and O–H groups in total. The number of amides is 1. The van der Waals surface area contributed by atoms with Gasteiger partial charge < -0.3 is 15.4 Å². The first-order valence-electron chi connectivity index (χ1n) is 8.28. The molecule has 0 bridgehead atoms. The van der Waals surface area contributed by atoms with Gasteiger partial charge in [-0.15, -0.1) is 0 Å². The van der Waals surface area contributed by atoms with Crippen LogP contribution in [0.15, 0.2) is 24.3 Å². The Kier molecular flexibility index (Phi) is 6.25. The van der Waals surface area contributed by atoms with E-state index in [0.717, 1.165) is 31.6 Å². The molecule has 1 aliphatic heterocycles. The summed E-state index contributed by atoms with van der Waals surface area (Å²) >= 11 is 0. The van der Waals surface area contributed by atoms with Crippen LogP contribution in [0.4, 0.5) is 0 Å². The summed E-state index contributed by atoms with van der Waals surface area (Å²) in [5.74, 6) is 1.65. The van der Waals surface area contributed by atoms with E-state index in [4.69, 9.17) is 10.5 Å². The van der Waals surface area contributed by atoms with Crippen LogP contribution < -0.4 is 10.5 Å². The molecule has 0 aliphatic carbocycles. The Morgan fingerprint density at radius 3 is 2.73 bits per heavy atom. The predicted octanol–water partition coefficient (Wildman–Crippen LogP) is 2.60. The molecule has 1 aromatic rings. The summed E-state index contributed by atoms with van der Waals surface area (Å²) in [5.41, 5.74) is 7.11. The van der Waals surface area contributed by atoms with Gasteiger partial charge in [0, 0.05) is 25.6 Å². The molecule has 22 heavy (non-hydrogen) atoms. The average Bonchev–Trinajstić information content (AvgIpc) is 2.55. The smallest absolute Gasteiger partial charge is 0.222 e. The summed E-state index contributed by atoms with van der Waals surface area (Å²) in [6, 6.07) is 8.29. The van der Waals surface area contributed by atoms with Crippen molar-refractivity contribution >= 4 is 5.91 Å². The molecule has 0 radical (unpaired) electrons. The number of carbonyl (C=O) groups excluding carboxylic acids is 1. The van der Waals surface area contributed by atoms with Gasteiger partial charge in [0.15, 0.2) is 0 Å². The molecule has 1 fully saturated rings. The van der Waals surface area contributed by atoms with Crippen LogP contribution in [0.2, 0.25) is 0 Å². The highest BCUT2D eigenvalue weighted by Gasteiger charge is 2.30. The van der Waals surface area contributed by atoms with Gasteiger partial charge in [-0.25, -0.2) is 0 Å². The molecule has 1 heterocycles. The molecule has 1 amide bonds. The lowest BCUT2D eigenvalue weighted by Gasteiger charge is -2.39. The Morgan fingerprint density at radius 2 is 2.09 bits per heavy atom. The maximum absolute atomic E-state index is 12.5. The van der Waals surface area contributed by atoms with Crippen LogP contribution in [0, 0.1) is 5.92 Å². The molecule has 2 atom stereocenters. The number of aryl methyl sites for hydroxylation is 1. The third-order valence-electron chi connectivity index (χ3n) is 4.69. The van der Waals surface area contributed by atoms with Crippen molar-refractivity contribution in [3.63, 3.8) is 0 Å². The van der Waals surface area contributed by atoms with Crippen LogP contribution in [-0.2, 0) is 11.2 Å². The maximum Gasteiger partial charge on any atom is 0.222 e. The number of benzene rings is 1. The zero-order valence-electron chi connectivity index (χ0n) is 13.8. The van der Waals surface area contributed by atoms with Gasteiger partial charge in [-0.2, -0.15) is 0 Å². The van der Waals surface area contributed by atoms with Gasteiger partial charge in [0.1, 0.15) is 5.75 Å². The third kappa shape index (κ3) is 4.23. The van der Waals surface area contributed by atoms with Crippen molar-refractivity contribution in [2.24, 2.45) is 11.7 Å². The quantitative estimate of drug-likeness (QED) is 0.879. The van der Waals surface area contributed by atoms with E-state index in [-0.39, 0.29) is 11.9 Å². The SMILES string of the molecule is COc1ccc(CCCC(=O)N2CCC[C@@H](C)[C@H]2CN)cc1. The van der Waals surface area contributed by atoms with Gasteiger partial charge in [-0.05, 0) is 49.3 Å². The molecule has 1 aliphatic rings. The van der Waals surface area contributed by atoms with Gasteiger partial charge in [-0.3, -0.25) is 4.79 Å². The minimum absolute atomic E-state index is 0.224. The highest BCUT2D eigenvalue weighted by Crippen LogP contribution is 2.23. The number of rotatable bonds is 6. The highest BCUT2D eigenvalue weighted by molar-refractivity contribution is 5.76. The molecular weight excluding hydrogens is 276 g/mol. The van der Waals surface area contributed by atoms with E-state index >= 15 is 0 Å². The number of carbonyl (C=O) groups is 1. The lowest BCUT2D eigenvalue weighted by atomic mass is 9.90. The summed E-state index contributed by atoms with van der Waals surface area (Å²) in [7, 11) is 1.67. The molecule has 1 aromatic carbocycles. The van der Waals surface area contributed by atoms with E-state index in [0.29, 0.717) is 18.9 Å². The first kappa shape index (κ1) is 16.8. The van der Waals surface area contributed by atoms with Crippen molar-refractivity contribution in [2.75, 3.05) is 20.2 Å². The topological polar surface area (TPSA) is 55.6 Å². The van der Waals surface area contributed by atoms with Crippen molar-refractivity contribution in [1.82, 2.24) is 4.90 Å². The average molecular weight is 304 g/mol. The zero-order valence-corrected chi connectivity index (χ0v) is 13.8. The van der Waals surface area contributed by atoms with E-state index in [1.165, 1.54) is 12.0 Å².